The van der Waals surface area contributed by atoms with Gasteiger partial charge in [0.25, 0.3) is 5.91 Å². The van der Waals surface area contributed by atoms with Crippen LogP contribution in [0.4, 0.5) is 5.13 Å². The summed E-state index contributed by atoms with van der Waals surface area (Å²) in [5.74, 6) is -0.286. The van der Waals surface area contributed by atoms with E-state index in [4.69, 9.17) is 0 Å². The number of hydrogen-bond donors (Lipinski definition) is 2. The number of anilines is 1. The molecule has 0 radical (unpaired) electrons. The topological polar surface area (TPSA) is 74.8 Å². The second-order valence-corrected chi connectivity index (χ2v) is 5.85. The van der Waals surface area contributed by atoms with Crippen molar-refractivity contribution in [2.75, 3.05) is 5.32 Å². The van der Waals surface area contributed by atoms with Gasteiger partial charge < -0.3 is 4.98 Å². The number of nitrogens with zero attached hydrogens (tertiary/aromatic N) is 1. The number of nitrogens with one attached hydrogen (secondary N) is 2. The Morgan fingerprint density at radius 3 is 2.60 bits per heavy atom. The smallest absolute Gasteiger partial charge is 0.274 e. The zero-order valence-corrected chi connectivity index (χ0v) is 12.8. The Labute approximate surface area is 121 Å². The first-order valence-corrected chi connectivity index (χ1v) is 7.21. The predicted octanol–water partition coefficient (Wildman–Crippen LogP) is 3.11. The minimum atomic E-state index is -0.258. The highest BCUT2D eigenvalue weighted by atomic mass is 32.1. The molecule has 0 saturated heterocycles. The molecule has 2 N–H and O–H groups in total. The lowest BCUT2D eigenvalue weighted by atomic mass is 10.0. The highest BCUT2D eigenvalue weighted by Crippen LogP contribution is 2.22. The van der Waals surface area contributed by atoms with Gasteiger partial charge in [-0.2, -0.15) is 0 Å². The first-order chi connectivity index (χ1) is 9.43. The molecule has 2 rings (SSSR count). The maximum Gasteiger partial charge on any atom is 0.274 e. The van der Waals surface area contributed by atoms with E-state index in [1.165, 1.54) is 18.3 Å². The molecular formula is C14H17N3O2S. The van der Waals surface area contributed by atoms with Gasteiger partial charge in [0.15, 0.2) is 10.9 Å². The lowest BCUT2D eigenvalue weighted by molar-refractivity contribution is 0.101. The van der Waals surface area contributed by atoms with E-state index in [0.29, 0.717) is 22.8 Å². The fraction of sp³-hybridized carbons (Fsp3) is 0.357. The van der Waals surface area contributed by atoms with E-state index in [1.807, 2.05) is 13.8 Å². The number of amides is 1. The average Bonchev–Trinajstić information content (AvgIpc) is 2.92. The molecule has 0 atom stereocenters. The van der Waals surface area contributed by atoms with Crippen LogP contribution in [0.15, 0.2) is 6.20 Å². The molecule has 2 aromatic heterocycles. The van der Waals surface area contributed by atoms with Gasteiger partial charge in [0.1, 0.15) is 5.69 Å². The maximum atomic E-state index is 12.3. The van der Waals surface area contributed by atoms with E-state index < -0.39 is 0 Å². The Morgan fingerprint density at radius 2 is 2.10 bits per heavy atom. The number of H-pyrrole nitrogens is 1. The summed E-state index contributed by atoms with van der Waals surface area (Å²) in [6.07, 6.45) is 2.33. The number of thiazole rings is 1. The quantitative estimate of drug-likeness (QED) is 0.850. The van der Waals surface area contributed by atoms with Gasteiger partial charge in [-0.05, 0) is 32.8 Å². The molecule has 20 heavy (non-hydrogen) atoms. The molecule has 0 fully saturated rings. The molecule has 0 aliphatic heterocycles. The van der Waals surface area contributed by atoms with Crippen molar-refractivity contribution in [3.05, 3.63) is 33.6 Å². The van der Waals surface area contributed by atoms with Crippen LogP contribution in [0.3, 0.4) is 0 Å². The summed E-state index contributed by atoms with van der Waals surface area (Å²) in [6, 6.07) is 0. The summed E-state index contributed by atoms with van der Waals surface area (Å²) in [6.45, 7) is 7.18. The van der Waals surface area contributed by atoms with Crippen molar-refractivity contribution in [2.45, 2.75) is 34.1 Å². The third kappa shape index (κ3) is 2.65. The van der Waals surface area contributed by atoms with Crippen LogP contribution in [-0.4, -0.2) is 21.7 Å². The molecular weight excluding hydrogens is 274 g/mol. The van der Waals surface area contributed by atoms with Crippen molar-refractivity contribution >= 4 is 28.2 Å². The number of carbonyl (C=O) groups excluding carboxylic acids is 2. The van der Waals surface area contributed by atoms with Crippen LogP contribution in [0.2, 0.25) is 0 Å². The van der Waals surface area contributed by atoms with Crippen molar-refractivity contribution < 1.29 is 9.59 Å². The number of Topliss-reactive ketones (excluding diaryl/α,β-unsaturated/α-hetero) is 1. The molecule has 2 heterocycles. The molecule has 0 aliphatic rings. The predicted molar refractivity (Wildman–Crippen MR) is 79.7 cm³/mol. The van der Waals surface area contributed by atoms with E-state index in [0.717, 1.165) is 16.1 Å². The van der Waals surface area contributed by atoms with Gasteiger partial charge >= 0.3 is 0 Å². The first-order valence-electron chi connectivity index (χ1n) is 6.40. The van der Waals surface area contributed by atoms with Crippen LogP contribution >= 0.6 is 11.3 Å². The normalized spacial score (nSPS) is 10.6. The van der Waals surface area contributed by atoms with Crippen LogP contribution in [0.1, 0.15) is 50.8 Å². The van der Waals surface area contributed by atoms with Crippen LogP contribution in [0.5, 0.6) is 0 Å². The van der Waals surface area contributed by atoms with Crippen molar-refractivity contribution in [3.8, 4) is 0 Å². The number of carbonyl (C=O) groups is 2. The second kappa shape index (κ2) is 5.58. The van der Waals surface area contributed by atoms with Gasteiger partial charge in [-0.1, -0.05) is 6.92 Å². The Kier molecular flexibility index (Phi) is 4.04. The van der Waals surface area contributed by atoms with Crippen LogP contribution < -0.4 is 5.32 Å². The molecule has 1 amide bonds. The fourth-order valence-electron chi connectivity index (χ4n) is 2.27. The Balaban J connectivity index is 2.35. The van der Waals surface area contributed by atoms with Crippen molar-refractivity contribution in [3.63, 3.8) is 0 Å². The van der Waals surface area contributed by atoms with Gasteiger partial charge in [0, 0.05) is 22.3 Å². The zero-order chi connectivity index (χ0) is 14.9. The number of aromatic amines is 1. The number of aryl methyl sites for hydroxylation is 2. The molecule has 0 spiro atoms. The van der Waals surface area contributed by atoms with Gasteiger partial charge in [0.05, 0.1) is 0 Å². The summed E-state index contributed by atoms with van der Waals surface area (Å²) in [5, 5.41) is 3.32. The minimum absolute atomic E-state index is 0.0280. The van der Waals surface area contributed by atoms with Gasteiger partial charge in [-0.25, -0.2) is 4.98 Å². The maximum absolute atomic E-state index is 12.3. The van der Waals surface area contributed by atoms with E-state index >= 15 is 0 Å². The SMILES string of the molecule is CCc1c(C(=O)Nc2ncc(C)s2)[nH]c(C)c1C(C)=O. The molecule has 5 nitrogen and oxygen atoms in total. The summed E-state index contributed by atoms with van der Waals surface area (Å²) < 4.78 is 0. The van der Waals surface area contributed by atoms with Crippen LogP contribution in [0.25, 0.3) is 0 Å². The fourth-order valence-corrected chi connectivity index (χ4v) is 2.93. The largest absolute Gasteiger partial charge is 0.354 e. The Hall–Kier alpha value is -1.95. The molecule has 0 bridgehead atoms. The standard InChI is InChI=1S/C14H17N3O2S/c1-5-10-11(9(4)18)8(3)16-12(10)13(19)17-14-15-6-7(2)20-14/h6,16H,5H2,1-4H3,(H,15,17,19). The lowest BCUT2D eigenvalue weighted by Crippen LogP contribution is -2.14. The summed E-state index contributed by atoms with van der Waals surface area (Å²) >= 11 is 1.42. The Bertz CT molecular complexity index is 670. The molecule has 106 valence electrons. The highest BCUT2D eigenvalue weighted by molar-refractivity contribution is 7.15. The molecule has 0 saturated carbocycles. The summed E-state index contributed by atoms with van der Waals surface area (Å²) in [4.78, 5) is 32.1. The van der Waals surface area contributed by atoms with Crippen molar-refractivity contribution in [1.29, 1.82) is 0 Å². The highest BCUT2D eigenvalue weighted by Gasteiger charge is 2.22. The van der Waals surface area contributed by atoms with E-state index in [1.54, 1.807) is 13.1 Å². The van der Waals surface area contributed by atoms with Gasteiger partial charge in [-0.3, -0.25) is 14.9 Å². The number of ketones is 1. The van der Waals surface area contributed by atoms with E-state index in [-0.39, 0.29) is 11.7 Å². The monoisotopic (exact) mass is 291 g/mol. The molecule has 0 aliphatic carbocycles. The van der Waals surface area contributed by atoms with Gasteiger partial charge in [0.2, 0.25) is 0 Å². The second-order valence-electron chi connectivity index (χ2n) is 4.62. The average molecular weight is 291 g/mol. The lowest BCUT2D eigenvalue weighted by Gasteiger charge is -2.03. The third-order valence-corrected chi connectivity index (χ3v) is 3.89. The summed E-state index contributed by atoms with van der Waals surface area (Å²) in [5.41, 5.74) is 2.56. The molecule has 2 aromatic rings. The van der Waals surface area contributed by atoms with E-state index in [2.05, 4.69) is 15.3 Å². The molecule has 6 heteroatoms. The first kappa shape index (κ1) is 14.5. The van der Waals surface area contributed by atoms with E-state index in [9.17, 15) is 9.59 Å². The molecule has 0 unspecified atom stereocenters. The number of hydrogen-bond acceptors (Lipinski definition) is 4. The van der Waals surface area contributed by atoms with Gasteiger partial charge in [-0.15, -0.1) is 11.3 Å². The third-order valence-electron chi connectivity index (χ3n) is 3.07. The van der Waals surface area contributed by atoms with Crippen molar-refractivity contribution in [1.82, 2.24) is 9.97 Å². The van der Waals surface area contributed by atoms with Crippen LogP contribution in [-0.2, 0) is 6.42 Å². The minimum Gasteiger partial charge on any atom is -0.354 e. The number of aromatic nitrogens is 2. The van der Waals surface area contributed by atoms with Crippen LogP contribution in [0, 0.1) is 13.8 Å². The summed E-state index contributed by atoms with van der Waals surface area (Å²) in [7, 11) is 0. The van der Waals surface area contributed by atoms with Crippen molar-refractivity contribution in [2.24, 2.45) is 0 Å². The Morgan fingerprint density at radius 1 is 1.40 bits per heavy atom. The number of rotatable bonds is 4. The zero-order valence-electron chi connectivity index (χ0n) is 12.0. The molecule has 0 aromatic carbocycles.